The van der Waals surface area contributed by atoms with E-state index in [-0.39, 0.29) is 11.2 Å². The van der Waals surface area contributed by atoms with Crippen LogP contribution in [0.1, 0.15) is 50.7 Å². The van der Waals surface area contributed by atoms with Crippen molar-refractivity contribution in [3.05, 3.63) is 18.4 Å². The van der Waals surface area contributed by atoms with Gasteiger partial charge in [-0.3, -0.25) is 0 Å². The maximum absolute atomic E-state index is 5.84. The summed E-state index contributed by atoms with van der Waals surface area (Å²) in [5.74, 6) is 1.68. The second kappa shape index (κ2) is 4.32. The van der Waals surface area contributed by atoms with Crippen LogP contribution in [-0.2, 0) is 14.9 Å². The summed E-state index contributed by atoms with van der Waals surface area (Å²) >= 11 is 0. The minimum absolute atomic E-state index is 0.179. The lowest BCUT2D eigenvalue weighted by molar-refractivity contribution is -0.186. The van der Waals surface area contributed by atoms with Crippen LogP contribution in [0.3, 0.4) is 0 Å². The lowest BCUT2D eigenvalue weighted by atomic mass is 9.67. The topological polar surface area (TPSA) is 44.5 Å². The summed E-state index contributed by atoms with van der Waals surface area (Å²) in [6.45, 7) is 1.50. The van der Waals surface area contributed by atoms with Crippen molar-refractivity contribution in [3.63, 3.8) is 0 Å². The summed E-state index contributed by atoms with van der Waals surface area (Å²) in [6.07, 6.45) is 11.7. The molecular weight excluding hydrogens is 242 g/mol. The van der Waals surface area contributed by atoms with Crippen molar-refractivity contribution in [2.24, 2.45) is 5.92 Å². The van der Waals surface area contributed by atoms with Gasteiger partial charge in [-0.05, 0) is 25.2 Å². The van der Waals surface area contributed by atoms with Gasteiger partial charge in [-0.25, -0.2) is 4.98 Å². The van der Waals surface area contributed by atoms with Crippen LogP contribution in [0.5, 0.6) is 0 Å². The molecule has 3 fully saturated rings. The van der Waals surface area contributed by atoms with E-state index in [1.165, 1.54) is 19.3 Å². The maximum atomic E-state index is 5.84. The first-order valence-corrected chi connectivity index (χ1v) is 7.47. The zero-order chi connectivity index (χ0) is 12.8. The zero-order valence-electron chi connectivity index (χ0n) is 11.3. The molecule has 3 aliphatic rings. The number of hydrogen-bond acceptors (Lipinski definition) is 4. The van der Waals surface area contributed by atoms with Gasteiger partial charge in [0, 0.05) is 18.3 Å². The Kier molecular flexibility index (Phi) is 2.71. The van der Waals surface area contributed by atoms with E-state index in [1.807, 2.05) is 6.20 Å². The third-order valence-corrected chi connectivity index (χ3v) is 5.11. The largest absolute Gasteiger partial charge is 0.448 e. The molecule has 0 aromatic carbocycles. The van der Waals surface area contributed by atoms with Crippen molar-refractivity contribution in [1.29, 1.82) is 0 Å². The van der Waals surface area contributed by atoms with E-state index in [1.54, 1.807) is 6.39 Å². The minimum Gasteiger partial charge on any atom is -0.448 e. The van der Waals surface area contributed by atoms with Crippen molar-refractivity contribution >= 4 is 0 Å². The van der Waals surface area contributed by atoms with Crippen LogP contribution in [0, 0.1) is 5.92 Å². The van der Waals surface area contributed by atoms with E-state index < -0.39 is 0 Å². The van der Waals surface area contributed by atoms with E-state index in [4.69, 9.17) is 13.9 Å². The number of oxazole rings is 1. The molecule has 0 unspecified atom stereocenters. The molecule has 19 heavy (non-hydrogen) atoms. The molecule has 0 N–H and O–H groups in total. The van der Waals surface area contributed by atoms with Crippen LogP contribution < -0.4 is 0 Å². The summed E-state index contributed by atoms with van der Waals surface area (Å²) in [5, 5.41) is 0. The van der Waals surface area contributed by atoms with Crippen molar-refractivity contribution < 1.29 is 13.9 Å². The Balaban J connectivity index is 1.55. The van der Waals surface area contributed by atoms with Gasteiger partial charge in [-0.2, -0.15) is 0 Å². The Morgan fingerprint density at radius 3 is 2.42 bits per heavy atom. The van der Waals surface area contributed by atoms with Gasteiger partial charge in [0.25, 0.3) is 0 Å². The molecule has 2 heterocycles. The first kappa shape index (κ1) is 11.9. The van der Waals surface area contributed by atoms with Crippen LogP contribution in [0.4, 0.5) is 0 Å². The van der Waals surface area contributed by atoms with Gasteiger partial charge in [0.15, 0.2) is 12.2 Å². The summed E-state index contributed by atoms with van der Waals surface area (Å²) in [4.78, 5) is 4.13. The van der Waals surface area contributed by atoms with Crippen LogP contribution in [0.2, 0.25) is 0 Å². The van der Waals surface area contributed by atoms with E-state index >= 15 is 0 Å². The smallest absolute Gasteiger partial charge is 0.180 e. The van der Waals surface area contributed by atoms with E-state index in [9.17, 15) is 0 Å². The Labute approximate surface area is 113 Å². The molecule has 0 bridgehead atoms. The van der Waals surface area contributed by atoms with E-state index in [2.05, 4.69) is 4.98 Å². The average Bonchev–Trinajstić information content (AvgIpc) is 2.95. The Morgan fingerprint density at radius 2 is 1.84 bits per heavy atom. The highest BCUT2D eigenvalue weighted by atomic mass is 16.7. The van der Waals surface area contributed by atoms with Gasteiger partial charge in [0.1, 0.15) is 5.76 Å². The predicted molar refractivity (Wildman–Crippen MR) is 68.6 cm³/mol. The van der Waals surface area contributed by atoms with Crippen LogP contribution >= 0.6 is 0 Å². The molecule has 104 valence electrons. The Morgan fingerprint density at radius 1 is 1.11 bits per heavy atom. The molecule has 0 radical (unpaired) electrons. The third kappa shape index (κ3) is 2.11. The number of ether oxygens (including phenoxy) is 2. The highest BCUT2D eigenvalue weighted by Gasteiger charge is 2.49. The fourth-order valence-corrected chi connectivity index (χ4v) is 3.80. The van der Waals surface area contributed by atoms with Gasteiger partial charge < -0.3 is 13.9 Å². The predicted octanol–water partition coefficient (Wildman–Crippen LogP) is 3.03. The lowest BCUT2D eigenvalue weighted by Crippen LogP contribution is -2.42. The molecule has 1 saturated heterocycles. The number of rotatable bonds is 3. The number of aromatic nitrogens is 1. The van der Waals surface area contributed by atoms with Crippen LogP contribution in [0.15, 0.2) is 17.0 Å². The summed E-state index contributed by atoms with van der Waals surface area (Å²) in [7, 11) is 0. The molecule has 0 atom stereocenters. The molecular formula is C15H21NO3. The molecule has 0 amide bonds. The Hall–Kier alpha value is -0.870. The normalized spacial score (nSPS) is 28.8. The first-order chi connectivity index (χ1) is 9.30. The lowest BCUT2D eigenvalue weighted by Gasteiger charge is -2.42. The molecule has 4 nitrogen and oxygen atoms in total. The monoisotopic (exact) mass is 263 g/mol. The molecule has 1 aromatic heterocycles. The molecule has 2 saturated carbocycles. The van der Waals surface area contributed by atoms with Crippen molar-refractivity contribution in [3.8, 4) is 0 Å². The molecule has 4 heteroatoms. The second-order valence-corrected chi connectivity index (χ2v) is 6.40. The SMILES string of the molecule is c1ncc(C2(CC3CC3)CCC3(CC2)OCCO3)o1. The molecule has 4 rings (SSSR count). The number of nitrogens with zero attached hydrogens (tertiary/aromatic N) is 1. The first-order valence-electron chi connectivity index (χ1n) is 7.47. The summed E-state index contributed by atoms with van der Waals surface area (Å²) < 4.78 is 17.4. The minimum atomic E-state index is -0.285. The van der Waals surface area contributed by atoms with Gasteiger partial charge in [-0.15, -0.1) is 0 Å². The third-order valence-electron chi connectivity index (χ3n) is 5.11. The highest BCUT2D eigenvalue weighted by molar-refractivity contribution is 5.14. The van der Waals surface area contributed by atoms with Crippen LogP contribution in [0.25, 0.3) is 0 Å². The Bertz CT molecular complexity index is 422. The van der Waals surface area contributed by atoms with Crippen LogP contribution in [-0.4, -0.2) is 24.0 Å². The summed E-state index contributed by atoms with van der Waals surface area (Å²) in [6, 6.07) is 0. The van der Waals surface area contributed by atoms with Crippen molar-refractivity contribution in [2.45, 2.75) is 56.1 Å². The van der Waals surface area contributed by atoms with Gasteiger partial charge in [0.05, 0.1) is 19.4 Å². The van der Waals surface area contributed by atoms with E-state index in [0.29, 0.717) is 0 Å². The molecule has 1 spiro atoms. The second-order valence-electron chi connectivity index (χ2n) is 6.40. The van der Waals surface area contributed by atoms with Gasteiger partial charge in [0.2, 0.25) is 0 Å². The molecule has 2 aliphatic carbocycles. The zero-order valence-corrected chi connectivity index (χ0v) is 11.3. The highest BCUT2D eigenvalue weighted by Crippen LogP contribution is 2.52. The number of hydrogen-bond donors (Lipinski definition) is 0. The standard InChI is InChI=1S/C15H21NO3/c1-2-12(1)9-14(13-10-16-11-17-13)3-5-15(6-4-14)18-7-8-19-15/h10-12H,1-9H2. The average molecular weight is 263 g/mol. The fraction of sp³-hybridized carbons (Fsp3) is 0.800. The van der Waals surface area contributed by atoms with Gasteiger partial charge in [-0.1, -0.05) is 12.8 Å². The van der Waals surface area contributed by atoms with Crippen molar-refractivity contribution in [2.75, 3.05) is 13.2 Å². The molecule has 1 aromatic rings. The van der Waals surface area contributed by atoms with Gasteiger partial charge >= 0.3 is 0 Å². The quantitative estimate of drug-likeness (QED) is 0.840. The fourth-order valence-electron chi connectivity index (χ4n) is 3.80. The summed E-state index contributed by atoms with van der Waals surface area (Å²) in [5.41, 5.74) is 0.179. The maximum Gasteiger partial charge on any atom is 0.180 e. The molecule has 1 aliphatic heterocycles. The van der Waals surface area contributed by atoms with Crippen molar-refractivity contribution in [1.82, 2.24) is 4.98 Å². The van der Waals surface area contributed by atoms with E-state index in [0.717, 1.165) is 50.6 Å².